The van der Waals surface area contributed by atoms with Crippen LogP contribution in [-0.2, 0) is 9.59 Å². The van der Waals surface area contributed by atoms with Gasteiger partial charge in [-0.25, -0.2) is 0 Å². The van der Waals surface area contributed by atoms with Crippen molar-refractivity contribution in [2.75, 3.05) is 0 Å². The van der Waals surface area contributed by atoms with E-state index in [0.717, 1.165) is 0 Å². The minimum absolute atomic E-state index is 0.355. The summed E-state index contributed by atoms with van der Waals surface area (Å²) in [5.41, 5.74) is 5.47. The molecule has 0 aliphatic heterocycles. The Morgan fingerprint density at radius 2 is 1.86 bits per heavy atom. The molecule has 0 saturated heterocycles. The molecule has 0 aromatic heterocycles. The molecule has 0 heterocycles. The number of rotatable bonds is 6. The number of carbonyl (C=O) groups is 2. The van der Waals surface area contributed by atoms with Gasteiger partial charge < -0.3 is 15.9 Å². The lowest BCUT2D eigenvalue weighted by Gasteiger charge is -2.14. The second-order valence-electron chi connectivity index (χ2n) is 2.96. The van der Waals surface area contributed by atoms with E-state index in [1.54, 1.807) is 0 Å². The fourth-order valence-electron chi connectivity index (χ4n) is 1.09. The lowest BCUT2D eigenvalue weighted by molar-refractivity contribution is -0.155. The van der Waals surface area contributed by atoms with E-state index in [-0.39, 0.29) is 0 Å². The third kappa shape index (κ3) is 4.04. The molecule has 0 spiro atoms. The third-order valence-electron chi connectivity index (χ3n) is 1.86. The Labute approximate surface area is 82.2 Å². The van der Waals surface area contributed by atoms with Crippen LogP contribution in [0, 0.1) is 5.92 Å². The van der Waals surface area contributed by atoms with Gasteiger partial charge >= 0.3 is 11.9 Å². The van der Waals surface area contributed by atoms with E-state index in [0.29, 0.717) is 12.8 Å². The molecular formula is C9H15NO4. The molecule has 5 nitrogen and oxygen atoms in total. The van der Waals surface area contributed by atoms with Crippen molar-refractivity contribution in [1.29, 1.82) is 0 Å². The first kappa shape index (κ1) is 12.6. The summed E-state index contributed by atoms with van der Waals surface area (Å²) >= 11 is 0. The van der Waals surface area contributed by atoms with Crippen LogP contribution < -0.4 is 5.73 Å². The van der Waals surface area contributed by atoms with Gasteiger partial charge in [0.2, 0.25) is 0 Å². The van der Waals surface area contributed by atoms with Gasteiger partial charge in [0.25, 0.3) is 0 Å². The van der Waals surface area contributed by atoms with Crippen molar-refractivity contribution in [3.05, 3.63) is 12.2 Å². The highest BCUT2D eigenvalue weighted by atomic mass is 16.4. The number of hydrogen-bond acceptors (Lipinski definition) is 3. The van der Waals surface area contributed by atoms with Crippen LogP contribution in [0.3, 0.4) is 0 Å². The van der Waals surface area contributed by atoms with Gasteiger partial charge in [-0.1, -0.05) is 12.2 Å². The highest BCUT2D eigenvalue weighted by Crippen LogP contribution is 2.09. The molecular weight excluding hydrogens is 186 g/mol. The molecule has 1 atom stereocenters. The van der Waals surface area contributed by atoms with Crippen molar-refractivity contribution in [1.82, 2.24) is 0 Å². The second-order valence-corrected chi connectivity index (χ2v) is 2.96. The van der Waals surface area contributed by atoms with E-state index in [1.807, 2.05) is 19.1 Å². The Kier molecular flexibility index (Phi) is 5.55. The van der Waals surface area contributed by atoms with Gasteiger partial charge in [0.05, 0.1) is 0 Å². The largest absolute Gasteiger partial charge is 0.481 e. The van der Waals surface area contributed by atoms with E-state index in [2.05, 4.69) is 0 Å². The third-order valence-corrected chi connectivity index (χ3v) is 1.86. The monoisotopic (exact) mass is 201 g/mol. The number of carboxylic acids is 2. The summed E-state index contributed by atoms with van der Waals surface area (Å²) in [5.74, 6) is -4.28. The molecule has 0 aromatic rings. The van der Waals surface area contributed by atoms with Crippen LogP contribution in [0.5, 0.6) is 0 Å². The van der Waals surface area contributed by atoms with E-state index < -0.39 is 23.9 Å². The normalized spacial score (nSPS) is 13.4. The highest BCUT2D eigenvalue weighted by Gasteiger charge is 2.31. The molecule has 80 valence electrons. The van der Waals surface area contributed by atoms with Crippen molar-refractivity contribution in [3.8, 4) is 0 Å². The molecule has 0 radical (unpaired) electrons. The smallest absolute Gasteiger partial charge is 0.319 e. The lowest BCUT2D eigenvalue weighted by Crippen LogP contribution is -2.40. The van der Waals surface area contributed by atoms with Crippen LogP contribution in [0.25, 0.3) is 0 Å². The minimum Gasteiger partial charge on any atom is -0.481 e. The number of aliphatic carboxylic acids is 2. The molecule has 0 fully saturated rings. The van der Waals surface area contributed by atoms with Gasteiger partial charge in [-0.15, -0.1) is 0 Å². The van der Waals surface area contributed by atoms with Gasteiger partial charge in [0, 0.05) is 6.04 Å². The maximum atomic E-state index is 10.5. The zero-order valence-electron chi connectivity index (χ0n) is 8.01. The van der Waals surface area contributed by atoms with Crippen molar-refractivity contribution >= 4 is 11.9 Å². The van der Waals surface area contributed by atoms with E-state index >= 15 is 0 Å². The van der Waals surface area contributed by atoms with E-state index in [9.17, 15) is 9.59 Å². The zero-order chi connectivity index (χ0) is 11.1. The Morgan fingerprint density at radius 1 is 1.36 bits per heavy atom. The summed E-state index contributed by atoms with van der Waals surface area (Å²) < 4.78 is 0. The number of hydrogen-bond donors (Lipinski definition) is 3. The molecule has 0 aromatic carbocycles. The summed E-state index contributed by atoms with van der Waals surface area (Å²) in [4.78, 5) is 21.1. The van der Waals surface area contributed by atoms with Crippen LogP contribution in [0.4, 0.5) is 0 Å². The first-order chi connectivity index (χ1) is 6.50. The average Bonchev–Trinajstić information content (AvgIpc) is 2.03. The molecule has 1 unspecified atom stereocenters. The second kappa shape index (κ2) is 6.15. The molecule has 0 amide bonds. The summed E-state index contributed by atoms with van der Waals surface area (Å²) in [5, 5.41) is 17.2. The van der Waals surface area contributed by atoms with E-state index in [1.165, 1.54) is 0 Å². The van der Waals surface area contributed by atoms with Crippen molar-refractivity contribution in [3.63, 3.8) is 0 Å². The quantitative estimate of drug-likeness (QED) is 0.428. The number of carboxylic acid groups (broad SMARTS) is 2. The fourth-order valence-corrected chi connectivity index (χ4v) is 1.09. The molecule has 0 bridgehead atoms. The molecule has 4 N–H and O–H groups in total. The Morgan fingerprint density at radius 3 is 2.21 bits per heavy atom. The van der Waals surface area contributed by atoms with Crippen molar-refractivity contribution in [2.24, 2.45) is 11.7 Å². The van der Waals surface area contributed by atoms with Crippen LogP contribution in [0.2, 0.25) is 0 Å². The lowest BCUT2D eigenvalue weighted by atomic mass is 9.96. The molecule has 0 saturated carbocycles. The fraction of sp³-hybridized carbons (Fsp3) is 0.556. The molecule has 0 aliphatic carbocycles. The minimum atomic E-state index is -1.51. The van der Waals surface area contributed by atoms with Gasteiger partial charge in [0.15, 0.2) is 5.92 Å². The Balaban J connectivity index is 4.23. The van der Waals surface area contributed by atoms with E-state index in [4.69, 9.17) is 15.9 Å². The predicted molar refractivity (Wildman–Crippen MR) is 50.8 cm³/mol. The van der Waals surface area contributed by atoms with Crippen LogP contribution in [0.15, 0.2) is 12.2 Å². The Bertz CT molecular complexity index is 223. The van der Waals surface area contributed by atoms with Gasteiger partial charge in [0.1, 0.15) is 0 Å². The summed E-state index contributed by atoms with van der Waals surface area (Å²) in [6.45, 7) is 1.83. The van der Waals surface area contributed by atoms with Crippen molar-refractivity contribution in [2.45, 2.75) is 25.8 Å². The van der Waals surface area contributed by atoms with Crippen LogP contribution >= 0.6 is 0 Å². The van der Waals surface area contributed by atoms with Crippen LogP contribution in [-0.4, -0.2) is 28.2 Å². The van der Waals surface area contributed by atoms with Crippen molar-refractivity contribution < 1.29 is 19.8 Å². The number of allylic oxidation sites excluding steroid dienone is 2. The highest BCUT2D eigenvalue weighted by molar-refractivity contribution is 5.93. The summed E-state index contributed by atoms with van der Waals surface area (Å²) in [6.07, 6.45) is 4.58. The average molecular weight is 201 g/mol. The molecule has 14 heavy (non-hydrogen) atoms. The zero-order valence-corrected chi connectivity index (χ0v) is 8.01. The topological polar surface area (TPSA) is 101 Å². The summed E-state index contributed by atoms with van der Waals surface area (Å²) in [7, 11) is 0. The SMILES string of the molecule is CC=CCCC(N)C(C(=O)O)C(=O)O. The first-order valence-corrected chi connectivity index (χ1v) is 4.33. The first-order valence-electron chi connectivity index (χ1n) is 4.33. The molecule has 0 aliphatic rings. The Hall–Kier alpha value is -1.36. The molecule has 0 rings (SSSR count). The number of nitrogens with two attached hydrogens (primary N) is 1. The van der Waals surface area contributed by atoms with Crippen LogP contribution in [0.1, 0.15) is 19.8 Å². The maximum Gasteiger partial charge on any atom is 0.319 e. The predicted octanol–water partition coefficient (Wildman–Crippen LogP) is 0.455. The van der Waals surface area contributed by atoms with Gasteiger partial charge in [-0.2, -0.15) is 0 Å². The van der Waals surface area contributed by atoms with Gasteiger partial charge in [-0.3, -0.25) is 9.59 Å². The maximum absolute atomic E-state index is 10.5. The molecule has 5 heteroatoms. The standard InChI is InChI=1S/C9H15NO4/c1-2-3-4-5-6(10)7(8(11)12)9(13)14/h2-3,6-7H,4-5,10H2,1H3,(H,11,12)(H,13,14). The van der Waals surface area contributed by atoms with Gasteiger partial charge in [-0.05, 0) is 19.8 Å². The summed E-state index contributed by atoms with van der Waals surface area (Å²) in [6, 6.07) is -0.846.